The lowest BCUT2D eigenvalue weighted by atomic mass is 9.78. The molecule has 0 saturated carbocycles. The van der Waals surface area contributed by atoms with Crippen molar-refractivity contribution < 1.29 is 9.53 Å². The molecule has 1 amide bonds. The van der Waals surface area contributed by atoms with Crippen molar-refractivity contribution in [2.45, 2.75) is 25.8 Å². The van der Waals surface area contributed by atoms with Gasteiger partial charge in [-0.1, -0.05) is 31.5 Å². The molecule has 0 unspecified atom stereocenters. The Morgan fingerprint density at radius 3 is 2.74 bits per heavy atom. The molecule has 0 fully saturated rings. The molecule has 1 aliphatic heterocycles. The molecule has 0 bridgehead atoms. The largest absolute Gasteiger partial charge is 0.495 e. The molecule has 0 radical (unpaired) electrons. The smallest absolute Gasteiger partial charge is 0.255 e. The number of nitrogens with zero attached hydrogens (tertiary/aromatic N) is 2. The van der Waals surface area contributed by atoms with Crippen LogP contribution in [-0.4, -0.2) is 31.5 Å². The number of hydrogen-bond acceptors (Lipinski definition) is 4. The van der Waals surface area contributed by atoms with E-state index in [-0.39, 0.29) is 11.3 Å². The van der Waals surface area contributed by atoms with Gasteiger partial charge >= 0.3 is 0 Å². The monoisotopic (exact) mass is 383 g/mol. The molecule has 0 atom stereocenters. The lowest BCUT2D eigenvalue weighted by Gasteiger charge is -2.39. The summed E-state index contributed by atoms with van der Waals surface area (Å²) >= 11 is 6.64. The van der Waals surface area contributed by atoms with Crippen LogP contribution < -0.4 is 10.1 Å². The molecule has 0 aromatic heterocycles. The predicted molar refractivity (Wildman–Crippen MR) is 106 cm³/mol. The maximum Gasteiger partial charge on any atom is 0.255 e. The summed E-state index contributed by atoms with van der Waals surface area (Å²) in [7, 11) is 3.55. The van der Waals surface area contributed by atoms with Crippen LogP contribution in [0.3, 0.4) is 0 Å². The highest BCUT2D eigenvalue weighted by Crippen LogP contribution is 2.39. The normalized spacial score (nSPS) is 15.6. The Morgan fingerprint density at radius 1 is 1.33 bits per heavy atom. The maximum absolute atomic E-state index is 12.7. The van der Waals surface area contributed by atoms with E-state index >= 15 is 0 Å². The van der Waals surface area contributed by atoms with Crippen LogP contribution in [0.1, 0.15) is 40.9 Å². The topological polar surface area (TPSA) is 65.4 Å². The lowest BCUT2D eigenvalue weighted by Crippen LogP contribution is -2.40. The number of carbonyl (C=O) groups excluding carboxylic acids is 1. The van der Waals surface area contributed by atoms with E-state index in [1.807, 2.05) is 18.2 Å². The molecule has 5 nitrogen and oxygen atoms in total. The summed E-state index contributed by atoms with van der Waals surface area (Å²) in [5, 5.41) is 12.6. The third-order valence-electron chi connectivity index (χ3n) is 4.90. The van der Waals surface area contributed by atoms with E-state index in [0.717, 1.165) is 18.7 Å². The zero-order chi connectivity index (χ0) is 19.8. The van der Waals surface area contributed by atoms with Gasteiger partial charge in [-0.15, -0.1) is 0 Å². The average Bonchev–Trinajstić information content (AvgIpc) is 2.62. The van der Waals surface area contributed by atoms with Crippen LogP contribution in [-0.2, 0) is 12.0 Å². The molecule has 140 valence electrons. The summed E-state index contributed by atoms with van der Waals surface area (Å²) in [6.45, 7) is 6.07. The minimum atomic E-state index is -0.320. The van der Waals surface area contributed by atoms with Crippen LogP contribution in [0.25, 0.3) is 0 Å². The number of benzene rings is 2. The second-order valence-corrected chi connectivity index (χ2v) is 7.87. The van der Waals surface area contributed by atoms with Gasteiger partial charge in [-0.3, -0.25) is 4.79 Å². The summed E-state index contributed by atoms with van der Waals surface area (Å²) in [6, 6.07) is 10.7. The van der Waals surface area contributed by atoms with Crippen LogP contribution >= 0.6 is 11.6 Å². The third-order valence-corrected chi connectivity index (χ3v) is 5.33. The summed E-state index contributed by atoms with van der Waals surface area (Å²) in [6.07, 6.45) is 0. The first-order chi connectivity index (χ1) is 12.8. The number of likely N-dealkylation sites (N-methyl/N-ethyl adjacent to an activating group) is 1. The van der Waals surface area contributed by atoms with Gasteiger partial charge in [-0.05, 0) is 42.4 Å². The van der Waals surface area contributed by atoms with Crippen molar-refractivity contribution in [2.75, 3.05) is 26.0 Å². The molecule has 6 heteroatoms. The Kier molecular flexibility index (Phi) is 5.14. The molecule has 3 rings (SSSR count). The Labute approximate surface area is 164 Å². The van der Waals surface area contributed by atoms with Gasteiger partial charge in [0.25, 0.3) is 5.91 Å². The number of hydrogen-bond donors (Lipinski definition) is 1. The van der Waals surface area contributed by atoms with Gasteiger partial charge in [0, 0.05) is 24.1 Å². The number of amides is 1. The van der Waals surface area contributed by atoms with Crippen molar-refractivity contribution in [1.82, 2.24) is 4.90 Å². The number of methoxy groups -OCH3 is 1. The first-order valence-electron chi connectivity index (χ1n) is 8.66. The first-order valence-corrected chi connectivity index (χ1v) is 9.04. The average molecular weight is 384 g/mol. The molecule has 0 spiro atoms. The number of anilines is 1. The van der Waals surface area contributed by atoms with E-state index in [1.165, 1.54) is 18.7 Å². The van der Waals surface area contributed by atoms with Crippen LogP contribution in [0.2, 0.25) is 5.02 Å². The number of carbonyl (C=O) groups is 1. The molecular weight excluding hydrogens is 362 g/mol. The highest BCUT2D eigenvalue weighted by atomic mass is 35.5. The molecule has 1 N–H and O–H groups in total. The number of fused-ring (bicyclic) bond motifs is 1. The van der Waals surface area contributed by atoms with Crippen molar-refractivity contribution in [3.63, 3.8) is 0 Å². The molecule has 2 aromatic rings. The SMILES string of the molecule is COc1ccc(C(=O)Nc2ccc3c(c2Cl)CN(C)CC3(C)C)cc1C#N. The summed E-state index contributed by atoms with van der Waals surface area (Å²) in [5.41, 5.74) is 3.50. The minimum absolute atomic E-state index is 0.00775. The molecule has 27 heavy (non-hydrogen) atoms. The van der Waals surface area contributed by atoms with Gasteiger partial charge in [0.1, 0.15) is 11.8 Å². The summed E-state index contributed by atoms with van der Waals surface area (Å²) in [5.74, 6) is 0.116. The number of halogens is 1. The van der Waals surface area contributed by atoms with Crippen molar-refractivity contribution >= 4 is 23.2 Å². The Hall–Kier alpha value is -2.55. The van der Waals surface area contributed by atoms with Gasteiger partial charge in [-0.25, -0.2) is 0 Å². The summed E-state index contributed by atoms with van der Waals surface area (Å²) < 4.78 is 5.12. The van der Waals surface area contributed by atoms with Gasteiger partial charge in [-0.2, -0.15) is 5.26 Å². The van der Waals surface area contributed by atoms with E-state index < -0.39 is 0 Å². The van der Waals surface area contributed by atoms with Crippen LogP contribution in [0, 0.1) is 11.3 Å². The predicted octanol–water partition coefficient (Wildman–Crippen LogP) is 4.20. The molecule has 1 aliphatic rings. The highest BCUT2D eigenvalue weighted by molar-refractivity contribution is 6.34. The second kappa shape index (κ2) is 7.22. The molecule has 0 saturated heterocycles. The van der Waals surface area contributed by atoms with Gasteiger partial charge in [0.05, 0.1) is 23.4 Å². The van der Waals surface area contributed by atoms with Crippen molar-refractivity contribution in [2.24, 2.45) is 0 Å². The lowest BCUT2D eigenvalue weighted by molar-refractivity contribution is 0.102. The van der Waals surface area contributed by atoms with E-state index in [9.17, 15) is 10.1 Å². The number of rotatable bonds is 3. The van der Waals surface area contributed by atoms with E-state index in [1.54, 1.807) is 12.1 Å². The zero-order valence-electron chi connectivity index (χ0n) is 15.9. The van der Waals surface area contributed by atoms with E-state index in [4.69, 9.17) is 16.3 Å². The number of ether oxygens (including phenoxy) is 1. The first kappa shape index (κ1) is 19.2. The third kappa shape index (κ3) is 3.64. The Bertz CT molecular complexity index is 947. The summed E-state index contributed by atoms with van der Waals surface area (Å²) in [4.78, 5) is 14.9. The van der Waals surface area contributed by atoms with Crippen LogP contribution in [0.5, 0.6) is 5.75 Å². The van der Waals surface area contributed by atoms with E-state index in [0.29, 0.717) is 27.6 Å². The minimum Gasteiger partial charge on any atom is -0.495 e. The molecule has 0 aliphatic carbocycles. The van der Waals surface area contributed by atoms with Gasteiger partial charge in [0.15, 0.2) is 0 Å². The quantitative estimate of drug-likeness (QED) is 0.862. The van der Waals surface area contributed by atoms with E-state index in [2.05, 4.69) is 31.1 Å². The van der Waals surface area contributed by atoms with Crippen LogP contribution in [0.4, 0.5) is 5.69 Å². The van der Waals surface area contributed by atoms with Gasteiger partial charge < -0.3 is 15.0 Å². The van der Waals surface area contributed by atoms with Crippen molar-refractivity contribution in [3.05, 3.63) is 57.6 Å². The number of nitriles is 1. The highest BCUT2D eigenvalue weighted by Gasteiger charge is 2.32. The standard InChI is InChI=1S/C21H22ClN3O2/c1-21(2)12-25(3)11-15-16(21)6-7-17(19(15)22)24-20(26)13-5-8-18(27-4)14(9-13)10-23/h5-9H,11-12H2,1-4H3,(H,24,26). The second-order valence-electron chi connectivity index (χ2n) is 7.49. The fraction of sp³-hybridized carbons (Fsp3) is 0.333. The van der Waals surface area contributed by atoms with Crippen molar-refractivity contribution in [1.29, 1.82) is 5.26 Å². The Morgan fingerprint density at radius 2 is 2.07 bits per heavy atom. The molecule has 1 heterocycles. The van der Waals surface area contributed by atoms with Crippen LogP contribution in [0.15, 0.2) is 30.3 Å². The maximum atomic E-state index is 12.7. The fourth-order valence-electron chi connectivity index (χ4n) is 3.72. The number of nitrogens with one attached hydrogen (secondary N) is 1. The van der Waals surface area contributed by atoms with Crippen molar-refractivity contribution in [3.8, 4) is 11.8 Å². The molecule has 2 aromatic carbocycles. The Balaban J connectivity index is 1.92. The zero-order valence-corrected chi connectivity index (χ0v) is 16.6. The molecular formula is C21H22ClN3O2. The van der Waals surface area contributed by atoms with Gasteiger partial charge in [0.2, 0.25) is 0 Å². The fourth-order valence-corrected chi connectivity index (χ4v) is 4.00.